The lowest BCUT2D eigenvalue weighted by atomic mass is 10.1. The highest BCUT2D eigenvalue weighted by Crippen LogP contribution is 2.19. The highest BCUT2D eigenvalue weighted by molar-refractivity contribution is 14.1. The van der Waals surface area contributed by atoms with Crippen molar-refractivity contribution in [2.45, 2.75) is 13.3 Å². The topological polar surface area (TPSA) is 37.8 Å². The van der Waals surface area contributed by atoms with E-state index in [1.807, 2.05) is 37.4 Å². The van der Waals surface area contributed by atoms with Crippen molar-refractivity contribution in [2.75, 3.05) is 11.9 Å². The molecular formula is C13H13ClIN3. The zero-order chi connectivity index (χ0) is 13.0. The zero-order valence-electron chi connectivity index (χ0n) is 9.95. The standard InChI is InChI=1S/C13H13ClIN3/c1-2-16-13-11(15)8-17-12(18-13)7-9-5-3-4-6-10(9)14/h3-6,8H,2,7H2,1H3,(H,16,17,18). The van der Waals surface area contributed by atoms with Crippen molar-refractivity contribution in [3.05, 3.63) is 50.4 Å². The maximum atomic E-state index is 6.13. The molecule has 0 aliphatic rings. The molecule has 0 atom stereocenters. The number of halogens is 2. The zero-order valence-corrected chi connectivity index (χ0v) is 12.9. The quantitative estimate of drug-likeness (QED) is 0.829. The monoisotopic (exact) mass is 373 g/mol. The molecule has 0 bridgehead atoms. The van der Waals surface area contributed by atoms with Crippen molar-refractivity contribution in [1.29, 1.82) is 0 Å². The number of aromatic nitrogens is 2. The van der Waals surface area contributed by atoms with Crippen LogP contribution < -0.4 is 5.32 Å². The van der Waals surface area contributed by atoms with Gasteiger partial charge in [-0.2, -0.15) is 0 Å². The number of nitrogens with zero attached hydrogens (tertiary/aromatic N) is 2. The Balaban J connectivity index is 2.24. The van der Waals surface area contributed by atoms with Crippen molar-refractivity contribution in [3.63, 3.8) is 0 Å². The molecule has 0 amide bonds. The van der Waals surface area contributed by atoms with E-state index in [4.69, 9.17) is 11.6 Å². The summed E-state index contributed by atoms with van der Waals surface area (Å²) in [5.41, 5.74) is 1.04. The molecule has 0 saturated heterocycles. The minimum absolute atomic E-state index is 0.648. The summed E-state index contributed by atoms with van der Waals surface area (Å²) in [5, 5.41) is 3.98. The molecule has 2 aromatic rings. The first-order valence-corrected chi connectivity index (χ1v) is 7.15. The Hall–Kier alpha value is -0.880. The molecule has 0 aliphatic heterocycles. The summed E-state index contributed by atoms with van der Waals surface area (Å²) in [6.07, 6.45) is 2.48. The fourth-order valence-corrected chi connectivity index (χ4v) is 2.25. The van der Waals surface area contributed by atoms with Gasteiger partial charge in [0.05, 0.1) is 3.57 Å². The van der Waals surface area contributed by atoms with Crippen LogP contribution in [0.1, 0.15) is 18.3 Å². The molecule has 0 saturated carbocycles. The lowest BCUT2D eigenvalue weighted by Crippen LogP contribution is -2.06. The average Bonchev–Trinajstić information content (AvgIpc) is 2.36. The van der Waals surface area contributed by atoms with Crippen LogP contribution >= 0.6 is 34.2 Å². The number of benzene rings is 1. The molecule has 94 valence electrons. The number of anilines is 1. The minimum atomic E-state index is 0.648. The van der Waals surface area contributed by atoms with Gasteiger partial charge in [0.1, 0.15) is 11.6 Å². The highest BCUT2D eigenvalue weighted by Gasteiger charge is 2.06. The Morgan fingerprint density at radius 2 is 2.11 bits per heavy atom. The molecule has 2 rings (SSSR count). The van der Waals surface area contributed by atoms with E-state index in [0.29, 0.717) is 6.42 Å². The van der Waals surface area contributed by atoms with E-state index in [-0.39, 0.29) is 0 Å². The maximum Gasteiger partial charge on any atom is 0.143 e. The Labute approximate surface area is 125 Å². The van der Waals surface area contributed by atoms with Crippen LogP contribution in [0.4, 0.5) is 5.82 Å². The summed E-state index contributed by atoms with van der Waals surface area (Å²) < 4.78 is 1.03. The van der Waals surface area contributed by atoms with Crippen LogP contribution in [0.3, 0.4) is 0 Å². The summed E-state index contributed by atoms with van der Waals surface area (Å²) >= 11 is 8.36. The van der Waals surface area contributed by atoms with Gasteiger partial charge in [-0.3, -0.25) is 0 Å². The van der Waals surface area contributed by atoms with Crippen LogP contribution in [-0.4, -0.2) is 16.5 Å². The van der Waals surface area contributed by atoms with Gasteiger partial charge in [-0.1, -0.05) is 29.8 Å². The average molecular weight is 374 g/mol. The second-order valence-electron chi connectivity index (χ2n) is 3.78. The number of rotatable bonds is 4. The van der Waals surface area contributed by atoms with Gasteiger partial charge in [-0.05, 0) is 41.1 Å². The van der Waals surface area contributed by atoms with Gasteiger partial charge in [0.2, 0.25) is 0 Å². The molecule has 0 aliphatic carbocycles. The molecule has 0 fully saturated rings. The van der Waals surface area contributed by atoms with Crippen LogP contribution in [0.2, 0.25) is 5.02 Å². The van der Waals surface area contributed by atoms with Gasteiger partial charge in [0.25, 0.3) is 0 Å². The molecule has 3 nitrogen and oxygen atoms in total. The number of hydrogen-bond donors (Lipinski definition) is 1. The lowest BCUT2D eigenvalue weighted by molar-refractivity contribution is 0.955. The largest absolute Gasteiger partial charge is 0.369 e. The second kappa shape index (κ2) is 6.33. The molecule has 18 heavy (non-hydrogen) atoms. The molecule has 1 aromatic heterocycles. The predicted molar refractivity (Wildman–Crippen MR) is 83.2 cm³/mol. The van der Waals surface area contributed by atoms with Crippen LogP contribution in [0.5, 0.6) is 0 Å². The molecule has 0 radical (unpaired) electrons. The first-order chi connectivity index (χ1) is 8.70. The summed E-state index contributed by atoms with van der Waals surface area (Å²) in [6, 6.07) is 7.77. The predicted octanol–water partition coefficient (Wildman–Crippen LogP) is 3.76. The summed E-state index contributed by atoms with van der Waals surface area (Å²) in [4.78, 5) is 8.85. The van der Waals surface area contributed by atoms with Crippen LogP contribution in [0, 0.1) is 3.57 Å². The first kappa shape index (κ1) is 13.5. The third-order valence-electron chi connectivity index (χ3n) is 2.44. The lowest BCUT2D eigenvalue weighted by Gasteiger charge is -2.08. The summed E-state index contributed by atoms with van der Waals surface area (Å²) in [6.45, 7) is 2.89. The Morgan fingerprint density at radius 1 is 1.33 bits per heavy atom. The Bertz CT molecular complexity index is 546. The van der Waals surface area contributed by atoms with Gasteiger partial charge in [-0.25, -0.2) is 9.97 Å². The van der Waals surface area contributed by atoms with Crippen molar-refractivity contribution in [3.8, 4) is 0 Å². The van der Waals surface area contributed by atoms with E-state index >= 15 is 0 Å². The number of hydrogen-bond acceptors (Lipinski definition) is 3. The second-order valence-corrected chi connectivity index (χ2v) is 5.35. The van der Waals surface area contributed by atoms with Gasteiger partial charge in [0.15, 0.2) is 0 Å². The molecule has 1 N–H and O–H groups in total. The van der Waals surface area contributed by atoms with Crippen molar-refractivity contribution in [1.82, 2.24) is 9.97 Å². The fourth-order valence-electron chi connectivity index (χ4n) is 1.59. The van der Waals surface area contributed by atoms with Gasteiger partial charge in [0, 0.05) is 24.2 Å². The first-order valence-electron chi connectivity index (χ1n) is 5.69. The molecule has 1 heterocycles. The van der Waals surface area contributed by atoms with Crippen LogP contribution in [-0.2, 0) is 6.42 Å². The third kappa shape index (κ3) is 3.32. The molecular weight excluding hydrogens is 361 g/mol. The van der Waals surface area contributed by atoms with E-state index in [1.54, 1.807) is 0 Å². The van der Waals surface area contributed by atoms with Crippen molar-refractivity contribution >= 4 is 40.0 Å². The summed E-state index contributed by atoms with van der Waals surface area (Å²) in [7, 11) is 0. The van der Waals surface area contributed by atoms with Crippen LogP contribution in [0.15, 0.2) is 30.5 Å². The van der Waals surface area contributed by atoms with E-state index in [9.17, 15) is 0 Å². The van der Waals surface area contributed by atoms with Crippen molar-refractivity contribution < 1.29 is 0 Å². The Kier molecular flexibility index (Phi) is 4.77. The third-order valence-corrected chi connectivity index (χ3v) is 3.60. The van der Waals surface area contributed by atoms with E-state index < -0.39 is 0 Å². The van der Waals surface area contributed by atoms with Crippen molar-refractivity contribution in [2.24, 2.45) is 0 Å². The van der Waals surface area contributed by atoms with E-state index in [2.05, 4.69) is 37.9 Å². The minimum Gasteiger partial charge on any atom is -0.369 e. The molecule has 1 aromatic carbocycles. The van der Waals surface area contributed by atoms with Gasteiger partial charge < -0.3 is 5.32 Å². The maximum absolute atomic E-state index is 6.13. The number of nitrogens with one attached hydrogen (secondary N) is 1. The van der Waals surface area contributed by atoms with Gasteiger partial charge in [-0.15, -0.1) is 0 Å². The molecule has 5 heteroatoms. The van der Waals surface area contributed by atoms with Crippen LogP contribution in [0.25, 0.3) is 0 Å². The fraction of sp³-hybridized carbons (Fsp3) is 0.231. The summed E-state index contributed by atoms with van der Waals surface area (Å²) in [5.74, 6) is 1.66. The van der Waals surface area contributed by atoms with E-state index in [1.165, 1.54) is 0 Å². The molecule has 0 unspecified atom stereocenters. The SMILES string of the molecule is CCNc1nc(Cc2ccccc2Cl)ncc1I. The normalized spacial score (nSPS) is 10.4. The van der Waals surface area contributed by atoms with Gasteiger partial charge >= 0.3 is 0 Å². The Morgan fingerprint density at radius 3 is 2.83 bits per heavy atom. The smallest absolute Gasteiger partial charge is 0.143 e. The molecule has 0 spiro atoms. The highest BCUT2D eigenvalue weighted by atomic mass is 127. The van der Waals surface area contributed by atoms with E-state index in [0.717, 1.165) is 32.3 Å².